The predicted molar refractivity (Wildman–Crippen MR) is 130 cm³/mol. The quantitative estimate of drug-likeness (QED) is 0.315. The molecule has 0 bridgehead atoms. The minimum Gasteiger partial charge on any atom is -0.484 e. The van der Waals surface area contributed by atoms with Crippen LogP contribution < -0.4 is 10.1 Å². The second kappa shape index (κ2) is 12.2. The van der Waals surface area contributed by atoms with Gasteiger partial charge in [0.05, 0.1) is 41.8 Å². The summed E-state index contributed by atoms with van der Waals surface area (Å²) in [7, 11) is 2.46. The summed E-state index contributed by atoms with van der Waals surface area (Å²) in [6, 6.07) is 11.3. The number of amides is 1. The number of halogens is 1. The second-order valence-corrected chi connectivity index (χ2v) is 8.29. The van der Waals surface area contributed by atoms with Gasteiger partial charge < -0.3 is 24.1 Å². The summed E-state index contributed by atoms with van der Waals surface area (Å²) >= 11 is 7.29. The smallest absolute Gasteiger partial charge is 0.339 e. The molecule has 0 saturated heterocycles. The van der Waals surface area contributed by atoms with Crippen molar-refractivity contribution in [1.82, 2.24) is 14.8 Å². The van der Waals surface area contributed by atoms with Crippen molar-refractivity contribution in [2.75, 3.05) is 25.3 Å². The van der Waals surface area contributed by atoms with E-state index >= 15 is 0 Å². The molecule has 1 heterocycles. The van der Waals surface area contributed by atoms with Gasteiger partial charge in [-0.3, -0.25) is 4.79 Å². The minimum atomic E-state index is -0.654. The standard InChI is InChI=1S/C23H23ClN4O6S/c1-4-28-19(12-34-18-8-6-5-7-16(18)24)26-27-23(28)35-13-20(29)25-17-11-14(21(30)32-2)9-10-15(17)22(31)33-3/h5-11H,4,12-13H2,1-3H3,(H,25,29). The van der Waals surface area contributed by atoms with E-state index in [4.69, 9.17) is 25.8 Å². The van der Waals surface area contributed by atoms with Crippen LogP contribution in [0.4, 0.5) is 5.69 Å². The maximum atomic E-state index is 12.7. The third kappa shape index (κ3) is 6.52. The van der Waals surface area contributed by atoms with Gasteiger partial charge >= 0.3 is 11.9 Å². The van der Waals surface area contributed by atoms with E-state index in [1.54, 1.807) is 12.1 Å². The van der Waals surface area contributed by atoms with Gasteiger partial charge in [0.2, 0.25) is 5.91 Å². The van der Waals surface area contributed by atoms with Gasteiger partial charge in [0, 0.05) is 6.54 Å². The molecule has 1 aromatic heterocycles. The van der Waals surface area contributed by atoms with Crippen LogP contribution in [-0.4, -0.2) is 52.6 Å². The molecule has 184 valence electrons. The first kappa shape index (κ1) is 26.0. The van der Waals surface area contributed by atoms with Crippen molar-refractivity contribution >= 4 is 46.9 Å². The van der Waals surface area contributed by atoms with Crippen molar-refractivity contribution in [3.8, 4) is 5.75 Å². The molecule has 12 heteroatoms. The summed E-state index contributed by atoms with van der Waals surface area (Å²) in [6.45, 7) is 2.64. The van der Waals surface area contributed by atoms with E-state index in [9.17, 15) is 14.4 Å². The van der Waals surface area contributed by atoms with E-state index in [1.807, 2.05) is 23.6 Å². The number of methoxy groups -OCH3 is 2. The fourth-order valence-corrected chi connectivity index (χ4v) is 4.06. The molecule has 0 spiro atoms. The normalized spacial score (nSPS) is 10.5. The molecular formula is C23H23ClN4O6S. The van der Waals surface area contributed by atoms with E-state index in [0.29, 0.717) is 28.3 Å². The number of nitrogens with zero attached hydrogens (tertiary/aromatic N) is 3. The zero-order chi connectivity index (χ0) is 25.4. The highest BCUT2D eigenvalue weighted by Gasteiger charge is 2.19. The van der Waals surface area contributed by atoms with Crippen molar-refractivity contribution in [2.24, 2.45) is 0 Å². The molecule has 3 aromatic rings. The number of hydrogen-bond donors (Lipinski definition) is 1. The highest BCUT2D eigenvalue weighted by atomic mass is 35.5. The number of ether oxygens (including phenoxy) is 3. The van der Waals surface area contributed by atoms with E-state index in [0.717, 1.165) is 0 Å². The van der Waals surface area contributed by atoms with Gasteiger partial charge in [0.15, 0.2) is 11.0 Å². The Bertz CT molecular complexity index is 1230. The van der Waals surface area contributed by atoms with Crippen LogP contribution in [0.3, 0.4) is 0 Å². The summed E-state index contributed by atoms with van der Waals surface area (Å²) in [5.74, 6) is -0.584. The van der Waals surface area contributed by atoms with Gasteiger partial charge in [-0.05, 0) is 37.3 Å². The fourth-order valence-electron chi connectivity index (χ4n) is 3.05. The van der Waals surface area contributed by atoms with Gasteiger partial charge in [-0.2, -0.15) is 0 Å². The Morgan fingerprint density at radius 3 is 2.49 bits per heavy atom. The number of hydrogen-bond acceptors (Lipinski definition) is 9. The molecule has 3 rings (SSSR count). The van der Waals surface area contributed by atoms with Crippen LogP contribution in [0, 0.1) is 0 Å². The SMILES string of the molecule is CCn1c(COc2ccccc2Cl)nnc1SCC(=O)Nc1cc(C(=O)OC)ccc1C(=O)OC. The zero-order valence-corrected chi connectivity index (χ0v) is 20.8. The topological polar surface area (TPSA) is 122 Å². The fraction of sp³-hybridized carbons (Fsp3) is 0.261. The Morgan fingerprint density at radius 1 is 1.06 bits per heavy atom. The first-order chi connectivity index (χ1) is 16.9. The van der Waals surface area contributed by atoms with Crippen molar-refractivity contribution in [3.63, 3.8) is 0 Å². The average Bonchev–Trinajstić information content (AvgIpc) is 3.27. The highest BCUT2D eigenvalue weighted by molar-refractivity contribution is 7.99. The number of anilines is 1. The van der Waals surface area contributed by atoms with Crippen molar-refractivity contribution in [2.45, 2.75) is 25.2 Å². The molecule has 0 aliphatic heterocycles. The number of rotatable bonds is 10. The molecule has 1 amide bonds. The number of carbonyl (C=O) groups is 3. The molecule has 2 aromatic carbocycles. The largest absolute Gasteiger partial charge is 0.484 e. The molecule has 10 nitrogen and oxygen atoms in total. The predicted octanol–water partition coefficient (Wildman–Crippen LogP) is 3.83. The lowest BCUT2D eigenvalue weighted by Gasteiger charge is -2.12. The number of nitrogens with one attached hydrogen (secondary N) is 1. The molecule has 0 aliphatic carbocycles. The van der Waals surface area contributed by atoms with Gasteiger partial charge in [-0.15, -0.1) is 10.2 Å². The van der Waals surface area contributed by atoms with Crippen LogP contribution in [-0.2, 0) is 27.4 Å². The van der Waals surface area contributed by atoms with E-state index in [-0.39, 0.29) is 29.2 Å². The van der Waals surface area contributed by atoms with E-state index in [2.05, 4.69) is 15.5 Å². The van der Waals surface area contributed by atoms with Crippen LogP contribution in [0.5, 0.6) is 5.75 Å². The first-order valence-electron chi connectivity index (χ1n) is 10.4. The number of esters is 2. The molecule has 0 aliphatic rings. The van der Waals surface area contributed by atoms with Crippen LogP contribution in [0.25, 0.3) is 0 Å². The molecule has 35 heavy (non-hydrogen) atoms. The first-order valence-corrected chi connectivity index (χ1v) is 11.8. The van der Waals surface area contributed by atoms with Crippen molar-refractivity contribution < 1.29 is 28.6 Å². The number of para-hydroxylation sites is 1. The van der Waals surface area contributed by atoms with Crippen LogP contribution >= 0.6 is 23.4 Å². The van der Waals surface area contributed by atoms with Crippen molar-refractivity contribution in [3.05, 3.63) is 64.4 Å². The van der Waals surface area contributed by atoms with Crippen LogP contribution in [0.15, 0.2) is 47.6 Å². The molecular weight excluding hydrogens is 496 g/mol. The minimum absolute atomic E-state index is 0.0213. The molecule has 0 atom stereocenters. The lowest BCUT2D eigenvalue weighted by atomic mass is 10.1. The molecule has 0 saturated carbocycles. The maximum absolute atomic E-state index is 12.7. The lowest BCUT2D eigenvalue weighted by Crippen LogP contribution is -2.18. The van der Waals surface area contributed by atoms with Gasteiger partial charge in [0.25, 0.3) is 0 Å². The third-order valence-electron chi connectivity index (χ3n) is 4.76. The number of thioether (sulfide) groups is 1. The Labute approximate surface area is 210 Å². The number of benzene rings is 2. The molecule has 0 fully saturated rings. The lowest BCUT2D eigenvalue weighted by molar-refractivity contribution is -0.113. The van der Waals surface area contributed by atoms with Gasteiger partial charge in [0.1, 0.15) is 12.4 Å². The average molecular weight is 519 g/mol. The number of aromatic nitrogens is 3. The zero-order valence-electron chi connectivity index (χ0n) is 19.2. The van der Waals surface area contributed by atoms with Crippen molar-refractivity contribution in [1.29, 1.82) is 0 Å². The monoisotopic (exact) mass is 518 g/mol. The molecule has 0 unspecified atom stereocenters. The maximum Gasteiger partial charge on any atom is 0.339 e. The van der Waals surface area contributed by atoms with E-state index < -0.39 is 17.8 Å². The Hall–Kier alpha value is -3.57. The second-order valence-electron chi connectivity index (χ2n) is 6.94. The van der Waals surface area contributed by atoms with E-state index in [1.165, 1.54) is 44.2 Å². The van der Waals surface area contributed by atoms with Gasteiger partial charge in [-0.1, -0.05) is 35.5 Å². The summed E-state index contributed by atoms with van der Waals surface area (Å²) in [4.78, 5) is 36.6. The highest BCUT2D eigenvalue weighted by Crippen LogP contribution is 2.25. The Kier molecular flexibility index (Phi) is 9.10. The molecule has 0 radical (unpaired) electrons. The summed E-state index contributed by atoms with van der Waals surface area (Å²) in [5.41, 5.74) is 0.419. The summed E-state index contributed by atoms with van der Waals surface area (Å²) in [5, 5.41) is 12.0. The summed E-state index contributed by atoms with van der Waals surface area (Å²) < 4.78 is 17.0. The van der Waals surface area contributed by atoms with Crippen LogP contribution in [0.2, 0.25) is 5.02 Å². The summed E-state index contributed by atoms with van der Waals surface area (Å²) in [6.07, 6.45) is 0. The third-order valence-corrected chi connectivity index (χ3v) is 6.03. The molecule has 1 N–H and O–H groups in total. The van der Waals surface area contributed by atoms with Crippen LogP contribution in [0.1, 0.15) is 33.5 Å². The number of carbonyl (C=O) groups excluding carboxylic acids is 3. The van der Waals surface area contributed by atoms with Gasteiger partial charge in [-0.25, -0.2) is 9.59 Å². The Balaban J connectivity index is 1.68. The Morgan fingerprint density at radius 2 is 1.80 bits per heavy atom.